The molecule has 0 aliphatic carbocycles. The number of hydrogen-bond acceptors (Lipinski definition) is 5. The lowest BCUT2D eigenvalue weighted by molar-refractivity contribution is -0.143. The molecule has 3 aromatic rings. The summed E-state index contributed by atoms with van der Waals surface area (Å²) >= 11 is 11.9. The molecular formula is C13H5Cl2F6N5O2. The molecule has 0 N–H and O–H groups in total. The molecule has 0 aliphatic rings. The van der Waals surface area contributed by atoms with Crippen LogP contribution in [0.4, 0.5) is 26.3 Å². The van der Waals surface area contributed by atoms with Crippen LogP contribution in [0.15, 0.2) is 12.3 Å². The van der Waals surface area contributed by atoms with Crippen molar-refractivity contribution in [1.29, 1.82) is 0 Å². The first-order valence-electron chi connectivity index (χ1n) is 6.92. The third-order valence-corrected chi connectivity index (χ3v) is 4.03. The van der Waals surface area contributed by atoms with Crippen LogP contribution in [0.2, 0.25) is 10.3 Å². The zero-order chi connectivity index (χ0) is 21.0. The molecule has 150 valence electrons. The molecule has 0 aromatic carbocycles. The zero-order valence-electron chi connectivity index (χ0n) is 13.2. The fraction of sp³-hybridized carbons (Fsp3) is 0.231. The molecule has 0 amide bonds. The number of hydrogen-bond donors (Lipinski definition) is 0. The van der Waals surface area contributed by atoms with Crippen molar-refractivity contribution in [3.8, 4) is 5.69 Å². The van der Waals surface area contributed by atoms with Gasteiger partial charge in [0.1, 0.15) is 16.9 Å². The largest absolute Gasteiger partial charge is 0.465 e. The maximum atomic E-state index is 13.3. The first-order chi connectivity index (χ1) is 12.9. The normalized spacial score (nSPS) is 12.6. The average Bonchev–Trinajstić information content (AvgIpc) is 3.18. The molecule has 0 saturated carbocycles. The number of carbonyl (C=O) groups is 1. The molecule has 0 bridgehead atoms. The highest BCUT2D eigenvalue weighted by Gasteiger charge is 2.43. The molecule has 0 aliphatic heterocycles. The smallest absolute Gasteiger partial charge is 0.435 e. The number of alkyl halides is 6. The molecule has 3 rings (SSSR count). The van der Waals surface area contributed by atoms with Crippen LogP contribution in [0.1, 0.15) is 21.7 Å². The minimum Gasteiger partial charge on any atom is -0.465 e. The summed E-state index contributed by atoms with van der Waals surface area (Å²) in [4.78, 5) is 15.4. The van der Waals surface area contributed by atoms with E-state index in [9.17, 15) is 31.1 Å². The number of nitrogens with zero attached hydrogens (tertiary/aromatic N) is 5. The Hall–Kier alpha value is -2.54. The summed E-state index contributed by atoms with van der Waals surface area (Å²) in [5.74, 6) is -0.892. The van der Waals surface area contributed by atoms with Crippen molar-refractivity contribution < 1.29 is 35.9 Å². The fourth-order valence-electron chi connectivity index (χ4n) is 2.25. The van der Waals surface area contributed by atoms with Crippen LogP contribution in [0, 0.1) is 0 Å². The van der Waals surface area contributed by atoms with Gasteiger partial charge < -0.3 is 4.74 Å². The van der Waals surface area contributed by atoms with Crippen molar-refractivity contribution in [2.75, 3.05) is 7.11 Å². The van der Waals surface area contributed by atoms with Crippen molar-refractivity contribution in [3.05, 3.63) is 39.5 Å². The Morgan fingerprint density at radius 1 is 1.14 bits per heavy atom. The van der Waals surface area contributed by atoms with Gasteiger partial charge in [0, 0.05) is 6.07 Å². The standard InChI is InChI=1S/C13H5Cl2F6N5O2/c1-28-11(27)4-3-22-26-9(15)7(8(14)23-10(4)26)25-6(13(19,20)21)2-5(24-25)12(16,17)18/h2-3H,1H3. The summed E-state index contributed by atoms with van der Waals surface area (Å²) in [5, 5.41) is 5.21. The second-order valence-corrected chi connectivity index (χ2v) is 5.87. The van der Waals surface area contributed by atoms with Crippen LogP contribution >= 0.6 is 23.2 Å². The number of fused-ring (bicyclic) bond motifs is 1. The highest BCUT2D eigenvalue weighted by molar-refractivity contribution is 6.36. The third kappa shape index (κ3) is 3.24. The van der Waals surface area contributed by atoms with Crippen LogP contribution in [0.5, 0.6) is 0 Å². The second kappa shape index (κ2) is 6.51. The van der Waals surface area contributed by atoms with Crippen LogP contribution in [0.25, 0.3) is 11.3 Å². The SMILES string of the molecule is COC(=O)c1cnn2c(Cl)c(-n3nc(C(F)(F)F)cc3C(F)(F)F)c(Cl)nc12. The summed E-state index contributed by atoms with van der Waals surface area (Å²) in [6.45, 7) is 0. The van der Waals surface area contributed by atoms with Crippen molar-refractivity contribution in [3.63, 3.8) is 0 Å². The van der Waals surface area contributed by atoms with Gasteiger partial charge in [-0.05, 0) is 0 Å². The van der Waals surface area contributed by atoms with E-state index in [4.69, 9.17) is 23.2 Å². The summed E-state index contributed by atoms with van der Waals surface area (Å²) in [5.41, 5.74) is -4.90. The molecule has 0 radical (unpaired) electrons. The number of rotatable bonds is 2. The minimum absolute atomic E-state index is 0.126. The number of esters is 1. The predicted octanol–water partition coefficient (Wildman–Crippen LogP) is 4.05. The lowest BCUT2D eigenvalue weighted by Gasteiger charge is -2.13. The van der Waals surface area contributed by atoms with E-state index in [2.05, 4.69) is 19.9 Å². The number of methoxy groups -OCH3 is 1. The van der Waals surface area contributed by atoms with Crippen molar-refractivity contribution in [2.45, 2.75) is 12.4 Å². The summed E-state index contributed by atoms with van der Waals surface area (Å²) in [6.07, 6.45) is -9.43. The van der Waals surface area contributed by atoms with E-state index in [1.165, 1.54) is 0 Å². The highest BCUT2D eigenvalue weighted by atomic mass is 35.5. The fourth-order valence-corrected chi connectivity index (χ4v) is 2.84. The van der Waals surface area contributed by atoms with Gasteiger partial charge in [-0.3, -0.25) is 0 Å². The van der Waals surface area contributed by atoms with E-state index in [1.807, 2.05) is 0 Å². The highest BCUT2D eigenvalue weighted by Crippen LogP contribution is 2.39. The van der Waals surface area contributed by atoms with Gasteiger partial charge in [-0.2, -0.15) is 36.5 Å². The van der Waals surface area contributed by atoms with Crippen molar-refractivity contribution in [1.82, 2.24) is 24.4 Å². The van der Waals surface area contributed by atoms with Gasteiger partial charge >= 0.3 is 18.3 Å². The number of ether oxygens (including phenoxy) is 1. The summed E-state index contributed by atoms with van der Waals surface area (Å²) in [7, 11) is 1.06. The molecule has 7 nitrogen and oxygen atoms in total. The Morgan fingerprint density at radius 2 is 1.79 bits per heavy atom. The Bertz CT molecular complexity index is 1090. The van der Waals surface area contributed by atoms with Gasteiger partial charge in [0.05, 0.1) is 13.3 Å². The average molecular weight is 448 g/mol. The first-order valence-corrected chi connectivity index (χ1v) is 7.67. The topological polar surface area (TPSA) is 74.3 Å². The minimum atomic E-state index is -5.22. The molecule has 0 unspecified atom stereocenters. The van der Waals surface area contributed by atoms with Gasteiger partial charge in [0.2, 0.25) is 0 Å². The molecule has 3 aromatic heterocycles. The molecule has 0 saturated heterocycles. The molecular weight excluding hydrogens is 443 g/mol. The Balaban J connectivity index is 2.33. The van der Waals surface area contributed by atoms with Gasteiger partial charge in [0.25, 0.3) is 0 Å². The number of halogens is 8. The number of aromatic nitrogens is 5. The van der Waals surface area contributed by atoms with Gasteiger partial charge in [-0.25, -0.2) is 19.0 Å². The van der Waals surface area contributed by atoms with Crippen LogP contribution in [-0.2, 0) is 17.1 Å². The second-order valence-electron chi connectivity index (χ2n) is 5.15. The molecule has 0 fully saturated rings. The Labute approximate surface area is 160 Å². The quantitative estimate of drug-likeness (QED) is 0.336. The monoisotopic (exact) mass is 447 g/mol. The van der Waals surface area contributed by atoms with E-state index in [0.717, 1.165) is 13.3 Å². The van der Waals surface area contributed by atoms with Crippen molar-refractivity contribution >= 4 is 34.8 Å². The van der Waals surface area contributed by atoms with Crippen LogP contribution in [0.3, 0.4) is 0 Å². The summed E-state index contributed by atoms with van der Waals surface area (Å²) in [6, 6.07) is -0.195. The van der Waals surface area contributed by atoms with Gasteiger partial charge in [0.15, 0.2) is 21.6 Å². The Morgan fingerprint density at radius 3 is 2.32 bits per heavy atom. The van der Waals surface area contributed by atoms with E-state index < -0.39 is 45.7 Å². The Kier molecular flexibility index (Phi) is 4.70. The van der Waals surface area contributed by atoms with E-state index >= 15 is 0 Å². The predicted molar refractivity (Wildman–Crippen MR) is 81.5 cm³/mol. The van der Waals surface area contributed by atoms with Crippen LogP contribution < -0.4 is 0 Å². The molecule has 0 atom stereocenters. The first kappa shape index (κ1) is 20.2. The van der Waals surface area contributed by atoms with Gasteiger partial charge in [-0.15, -0.1) is 0 Å². The van der Waals surface area contributed by atoms with E-state index in [0.29, 0.717) is 4.52 Å². The number of carbonyl (C=O) groups excluding carboxylic acids is 1. The van der Waals surface area contributed by atoms with Gasteiger partial charge in [-0.1, -0.05) is 23.2 Å². The molecule has 15 heteroatoms. The molecule has 28 heavy (non-hydrogen) atoms. The zero-order valence-corrected chi connectivity index (χ0v) is 14.7. The van der Waals surface area contributed by atoms with Crippen molar-refractivity contribution in [2.24, 2.45) is 0 Å². The molecule has 3 heterocycles. The maximum absolute atomic E-state index is 13.3. The lowest BCUT2D eigenvalue weighted by Crippen LogP contribution is -2.16. The maximum Gasteiger partial charge on any atom is 0.435 e. The van der Waals surface area contributed by atoms with E-state index in [1.54, 1.807) is 0 Å². The lowest BCUT2D eigenvalue weighted by atomic mass is 10.3. The third-order valence-electron chi connectivity index (χ3n) is 3.43. The van der Waals surface area contributed by atoms with E-state index in [-0.39, 0.29) is 22.0 Å². The molecule has 0 spiro atoms. The van der Waals surface area contributed by atoms with Crippen LogP contribution in [-0.4, -0.2) is 37.5 Å². The summed E-state index contributed by atoms with van der Waals surface area (Å²) < 4.78 is 83.5.